The average molecular weight is 417 g/mol. The molecule has 2 aromatic rings. The third-order valence-electron chi connectivity index (χ3n) is 4.97. The second-order valence-electron chi connectivity index (χ2n) is 8.45. The summed E-state index contributed by atoms with van der Waals surface area (Å²) in [5, 5.41) is 2.90. The molecule has 0 bridgehead atoms. The molecule has 158 valence electrons. The molecule has 0 saturated carbocycles. The van der Waals surface area contributed by atoms with Crippen molar-refractivity contribution in [2.24, 2.45) is 0 Å². The smallest absolute Gasteiger partial charge is 0.241 e. The highest BCUT2D eigenvalue weighted by Gasteiger charge is 2.22. The molecule has 6 heteroatoms. The van der Waals surface area contributed by atoms with E-state index in [0.29, 0.717) is 5.69 Å². The number of nitrogens with one attached hydrogen (secondary N) is 1. The number of amides is 1. The third-order valence-corrected chi connectivity index (χ3v) is 6.11. The van der Waals surface area contributed by atoms with Gasteiger partial charge in [-0.15, -0.1) is 0 Å². The predicted molar refractivity (Wildman–Crippen MR) is 120 cm³/mol. The summed E-state index contributed by atoms with van der Waals surface area (Å²) < 4.78 is 25.6. The van der Waals surface area contributed by atoms with E-state index in [4.69, 9.17) is 0 Å². The Bertz CT molecular complexity index is 928. The van der Waals surface area contributed by atoms with Crippen LogP contribution in [0.15, 0.2) is 48.5 Å². The number of carbonyl (C=O) groups excluding carboxylic acids is 1. The summed E-state index contributed by atoms with van der Waals surface area (Å²) >= 11 is 0. The Labute approximate surface area is 175 Å². The Morgan fingerprint density at radius 3 is 2.03 bits per heavy atom. The molecule has 0 aliphatic carbocycles. The lowest BCUT2D eigenvalue weighted by molar-refractivity contribution is -0.120. The summed E-state index contributed by atoms with van der Waals surface area (Å²) in [6.45, 7) is 10.1. The van der Waals surface area contributed by atoms with Crippen LogP contribution in [-0.4, -0.2) is 27.1 Å². The van der Waals surface area contributed by atoms with Gasteiger partial charge in [0.15, 0.2) is 0 Å². The number of anilines is 1. The zero-order valence-electron chi connectivity index (χ0n) is 18.2. The monoisotopic (exact) mass is 416 g/mol. The van der Waals surface area contributed by atoms with Crippen LogP contribution in [0.25, 0.3) is 0 Å². The van der Waals surface area contributed by atoms with Gasteiger partial charge in [0.1, 0.15) is 6.54 Å². The quantitative estimate of drug-likeness (QED) is 0.736. The minimum absolute atomic E-state index is 0.0638. The van der Waals surface area contributed by atoms with Crippen molar-refractivity contribution in [2.75, 3.05) is 17.1 Å². The second kappa shape index (κ2) is 8.99. The van der Waals surface area contributed by atoms with E-state index in [9.17, 15) is 13.2 Å². The Hall–Kier alpha value is -2.34. The number of sulfonamides is 1. The zero-order chi connectivity index (χ0) is 21.8. The van der Waals surface area contributed by atoms with Crippen LogP contribution in [0.2, 0.25) is 0 Å². The van der Waals surface area contributed by atoms with Crippen LogP contribution in [0, 0.1) is 0 Å². The molecule has 2 aromatic carbocycles. The number of rotatable bonds is 7. The van der Waals surface area contributed by atoms with Gasteiger partial charge in [-0.05, 0) is 47.6 Å². The van der Waals surface area contributed by atoms with Gasteiger partial charge in [0, 0.05) is 0 Å². The van der Waals surface area contributed by atoms with E-state index >= 15 is 0 Å². The fraction of sp³-hybridized carbons (Fsp3) is 0.435. The van der Waals surface area contributed by atoms with Gasteiger partial charge in [0.05, 0.1) is 18.0 Å². The van der Waals surface area contributed by atoms with Crippen molar-refractivity contribution in [2.45, 2.75) is 52.5 Å². The lowest BCUT2D eigenvalue weighted by Crippen LogP contribution is -2.41. The highest BCUT2D eigenvalue weighted by atomic mass is 32.2. The van der Waals surface area contributed by atoms with E-state index in [-0.39, 0.29) is 23.9 Å². The van der Waals surface area contributed by atoms with Gasteiger partial charge in [-0.25, -0.2) is 8.42 Å². The van der Waals surface area contributed by atoms with E-state index in [0.717, 1.165) is 28.1 Å². The molecular formula is C23H32N2O3S. The zero-order valence-corrected chi connectivity index (χ0v) is 19.0. The summed E-state index contributed by atoms with van der Waals surface area (Å²) in [6, 6.07) is 15.2. The fourth-order valence-electron chi connectivity index (χ4n) is 3.07. The molecule has 0 spiro atoms. The van der Waals surface area contributed by atoms with E-state index < -0.39 is 10.0 Å². The highest BCUT2D eigenvalue weighted by Crippen LogP contribution is 2.24. The molecule has 0 radical (unpaired) electrons. The van der Waals surface area contributed by atoms with Gasteiger partial charge < -0.3 is 5.32 Å². The molecule has 5 nitrogen and oxygen atoms in total. The first-order valence-electron chi connectivity index (χ1n) is 9.88. The van der Waals surface area contributed by atoms with E-state index in [1.54, 1.807) is 12.1 Å². The van der Waals surface area contributed by atoms with Crippen LogP contribution < -0.4 is 9.62 Å². The average Bonchev–Trinajstić information content (AvgIpc) is 2.64. The number of benzene rings is 2. The number of hydrogen-bond donors (Lipinski definition) is 1. The fourth-order valence-corrected chi connectivity index (χ4v) is 3.93. The molecule has 0 heterocycles. The van der Waals surface area contributed by atoms with Crippen molar-refractivity contribution >= 4 is 21.6 Å². The molecule has 0 aliphatic heterocycles. The first-order chi connectivity index (χ1) is 13.4. The Morgan fingerprint density at radius 2 is 1.59 bits per heavy atom. The molecule has 1 amide bonds. The lowest BCUT2D eigenvalue weighted by atomic mass is 9.86. The summed E-state index contributed by atoms with van der Waals surface area (Å²) in [5.74, 6) is -0.345. The van der Waals surface area contributed by atoms with Crippen LogP contribution in [-0.2, 0) is 26.7 Å². The van der Waals surface area contributed by atoms with Gasteiger partial charge in [-0.3, -0.25) is 9.10 Å². The largest absolute Gasteiger partial charge is 0.348 e. The second-order valence-corrected chi connectivity index (χ2v) is 10.4. The minimum atomic E-state index is -3.58. The molecule has 29 heavy (non-hydrogen) atoms. The summed E-state index contributed by atoms with van der Waals surface area (Å²) in [6.07, 6.45) is 1.98. The van der Waals surface area contributed by atoms with Crippen molar-refractivity contribution < 1.29 is 13.2 Å². The van der Waals surface area contributed by atoms with Gasteiger partial charge in [-0.1, -0.05) is 64.1 Å². The Morgan fingerprint density at radius 1 is 1.03 bits per heavy atom. The van der Waals surface area contributed by atoms with E-state index in [1.165, 1.54) is 5.56 Å². The number of aryl methyl sites for hydroxylation is 1. The Balaban J connectivity index is 2.11. The first-order valence-corrected chi connectivity index (χ1v) is 11.7. The van der Waals surface area contributed by atoms with Crippen molar-refractivity contribution in [3.63, 3.8) is 0 Å². The van der Waals surface area contributed by atoms with E-state index in [2.05, 4.69) is 38.2 Å². The molecule has 1 N–H and O–H groups in total. The standard InChI is InChI=1S/C23H32N2O3S/c1-7-18-8-14-21(15-9-18)25(29(6,27)28)16-22(26)24-17(2)19-10-12-20(13-11-19)23(3,4)5/h8-15,17H,7,16H2,1-6H3,(H,24,26). The number of carbonyl (C=O) groups is 1. The van der Waals surface area contributed by atoms with Crippen LogP contribution in [0.4, 0.5) is 5.69 Å². The van der Waals surface area contributed by atoms with Crippen LogP contribution in [0.3, 0.4) is 0 Å². The summed E-state index contributed by atoms with van der Waals surface area (Å²) in [5.41, 5.74) is 3.86. The molecule has 0 aliphatic rings. The van der Waals surface area contributed by atoms with Crippen molar-refractivity contribution in [3.05, 3.63) is 65.2 Å². The normalized spacial score (nSPS) is 13.0. The van der Waals surface area contributed by atoms with Crippen LogP contribution in [0.5, 0.6) is 0 Å². The van der Waals surface area contributed by atoms with E-state index in [1.807, 2.05) is 38.1 Å². The minimum Gasteiger partial charge on any atom is -0.348 e. The SMILES string of the molecule is CCc1ccc(N(CC(=O)NC(C)c2ccc(C(C)(C)C)cc2)S(C)(=O)=O)cc1. The maximum atomic E-state index is 12.6. The number of hydrogen-bond acceptors (Lipinski definition) is 3. The molecule has 2 rings (SSSR count). The Kier molecular flexibility index (Phi) is 7.11. The topological polar surface area (TPSA) is 66.5 Å². The lowest BCUT2D eigenvalue weighted by Gasteiger charge is -2.24. The molecule has 1 atom stereocenters. The van der Waals surface area contributed by atoms with Crippen molar-refractivity contribution in [1.82, 2.24) is 5.32 Å². The predicted octanol–water partition coefficient (Wildman–Crippen LogP) is 4.19. The molecule has 1 unspecified atom stereocenters. The highest BCUT2D eigenvalue weighted by molar-refractivity contribution is 7.92. The third kappa shape index (κ3) is 6.32. The van der Waals surface area contributed by atoms with Gasteiger partial charge >= 0.3 is 0 Å². The summed E-state index contributed by atoms with van der Waals surface area (Å²) in [4.78, 5) is 12.6. The van der Waals surface area contributed by atoms with Crippen LogP contribution >= 0.6 is 0 Å². The van der Waals surface area contributed by atoms with Crippen LogP contribution in [0.1, 0.15) is 57.4 Å². The molecule has 0 saturated heterocycles. The number of nitrogens with zero attached hydrogens (tertiary/aromatic N) is 1. The van der Waals surface area contributed by atoms with Gasteiger partial charge in [-0.2, -0.15) is 0 Å². The maximum Gasteiger partial charge on any atom is 0.241 e. The first kappa shape index (κ1) is 22.9. The molecular weight excluding hydrogens is 384 g/mol. The summed E-state index contributed by atoms with van der Waals surface area (Å²) in [7, 11) is -3.58. The molecule has 0 aromatic heterocycles. The maximum absolute atomic E-state index is 12.6. The molecule has 0 fully saturated rings. The van der Waals surface area contributed by atoms with Gasteiger partial charge in [0.25, 0.3) is 0 Å². The van der Waals surface area contributed by atoms with Crippen molar-refractivity contribution in [1.29, 1.82) is 0 Å². The van der Waals surface area contributed by atoms with Crippen molar-refractivity contribution in [3.8, 4) is 0 Å². The van der Waals surface area contributed by atoms with Gasteiger partial charge in [0.2, 0.25) is 15.9 Å².